The van der Waals surface area contributed by atoms with E-state index >= 15 is 0 Å². The third-order valence-electron chi connectivity index (χ3n) is 6.92. The molecule has 0 radical (unpaired) electrons. The first-order valence-electron chi connectivity index (χ1n) is 10.5. The fourth-order valence-electron chi connectivity index (χ4n) is 5.41. The van der Waals surface area contributed by atoms with Crippen LogP contribution in [0, 0.1) is 5.41 Å². The first-order valence-corrected chi connectivity index (χ1v) is 10.5. The van der Waals surface area contributed by atoms with Gasteiger partial charge in [-0.3, -0.25) is 9.59 Å². The van der Waals surface area contributed by atoms with E-state index in [9.17, 15) is 14.7 Å². The lowest BCUT2D eigenvalue weighted by atomic mass is 9.72. The van der Waals surface area contributed by atoms with Crippen molar-refractivity contribution in [2.45, 2.75) is 51.2 Å². The second-order valence-corrected chi connectivity index (χ2v) is 8.34. The van der Waals surface area contributed by atoms with Crippen LogP contribution in [0.25, 0.3) is 11.0 Å². The fraction of sp³-hybridized carbons (Fsp3) is 0.391. The summed E-state index contributed by atoms with van der Waals surface area (Å²) in [5, 5.41) is 15.3. The molecule has 30 heavy (non-hydrogen) atoms. The number of carbonyl (C=O) groups excluding carboxylic acids is 1. The molecule has 2 aliphatic heterocycles. The van der Waals surface area contributed by atoms with Gasteiger partial charge < -0.3 is 10.0 Å². The molecule has 2 aromatic heterocycles. The maximum Gasteiger partial charge on any atom is 0.311 e. The molecule has 0 spiro atoms. The molecule has 7 nitrogen and oxygen atoms in total. The van der Waals surface area contributed by atoms with E-state index in [0.717, 1.165) is 18.4 Å². The molecule has 2 saturated heterocycles. The van der Waals surface area contributed by atoms with E-state index in [2.05, 4.69) is 10.1 Å². The summed E-state index contributed by atoms with van der Waals surface area (Å²) in [5.74, 6) is -0.972. The molecule has 1 amide bonds. The minimum atomic E-state index is -0.848. The summed E-state index contributed by atoms with van der Waals surface area (Å²) in [6.07, 6.45) is 4.34. The van der Waals surface area contributed by atoms with Gasteiger partial charge in [-0.25, -0.2) is 9.67 Å². The monoisotopic (exact) mass is 404 g/mol. The predicted molar refractivity (Wildman–Crippen MR) is 111 cm³/mol. The zero-order chi connectivity index (χ0) is 20.9. The zero-order valence-corrected chi connectivity index (χ0v) is 16.9. The summed E-state index contributed by atoms with van der Waals surface area (Å²) in [4.78, 5) is 32.0. The van der Waals surface area contributed by atoms with E-state index in [1.165, 1.54) is 0 Å². The molecule has 7 heteroatoms. The molecule has 3 aromatic rings. The molecule has 0 unspecified atom stereocenters. The third-order valence-corrected chi connectivity index (χ3v) is 6.92. The van der Waals surface area contributed by atoms with Crippen molar-refractivity contribution in [3.63, 3.8) is 0 Å². The van der Waals surface area contributed by atoms with Crippen LogP contribution in [0.3, 0.4) is 0 Å². The lowest BCUT2D eigenvalue weighted by Crippen LogP contribution is -2.44. The van der Waals surface area contributed by atoms with Gasteiger partial charge in [-0.05, 0) is 43.4 Å². The summed E-state index contributed by atoms with van der Waals surface area (Å²) >= 11 is 0. The van der Waals surface area contributed by atoms with E-state index in [1.807, 2.05) is 43.3 Å². The number of carboxylic acids is 1. The Labute approximate surface area is 174 Å². The van der Waals surface area contributed by atoms with Gasteiger partial charge in [-0.15, -0.1) is 0 Å². The largest absolute Gasteiger partial charge is 0.481 e. The Balaban J connectivity index is 1.54. The fourth-order valence-corrected chi connectivity index (χ4v) is 5.41. The number of carbonyl (C=O) groups is 2. The van der Waals surface area contributed by atoms with E-state index in [4.69, 9.17) is 0 Å². The van der Waals surface area contributed by atoms with Gasteiger partial charge in [0.15, 0.2) is 11.3 Å². The molecular weight excluding hydrogens is 380 g/mol. The lowest BCUT2D eigenvalue weighted by Gasteiger charge is -2.32. The van der Waals surface area contributed by atoms with E-state index < -0.39 is 11.4 Å². The first-order chi connectivity index (χ1) is 14.5. The molecule has 154 valence electrons. The molecule has 0 aliphatic carbocycles. The van der Waals surface area contributed by atoms with Gasteiger partial charge in [0.25, 0.3) is 5.91 Å². The second-order valence-electron chi connectivity index (χ2n) is 8.34. The van der Waals surface area contributed by atoms with Crippen molar-refractivity contribution in [2.24, 2.45) is 5.41 Å². The Morgan fingerprint density at radius 1 is 1.17 bits per heavy atom. The second kappa shape index (κ2) is 6.93. The van der Waals surface area contributed by atoms with Gasteiger partial charge in [-0.1, -0.05) is 37.3 Å². The number of carboxylic acid groups (broad SMARTS) is 1. The average molecular weight is 404 g/mol. The molecule has 5 rings (SSSR count). The maximum absolute atomic E-state index is 13.6. The molecule has 2 aliphatic rings. The Morgan fingerprint density at radius 2 is 1.97 bits per heavy atom. The molecule has 2 bridgehead atoms. The standard InChI is InChI=1S/C23H24N4O3/c1-2-23(22(29)30)13-16-10-11-18(23)27(16)21(28)19-17-9-6-12-24-20(17)26(25-19)14-15-7-4-3-5-8-15/h3-9,12,16,18H,2,10-11,13-14H2,1H3,(H,29,30)/t16-,18+,23+/m0/s1. The molecule has 4 heterocycles. The van der Waals surface area contributed by atoms with Crippen LogP contribution in [0.15, 0.2) is 48.7 Å². The number of hydrogen-bond donors (Lipinski definition) is 1. The van der Waals surface area contributed by atoms with Crippen LogP contribution in [-0.2, 0) is 11.3 Å². The van der Waals surface area contributed by atoms with Gasteiger partial charge >= 0.3 is 5.97 Å². The Morgan fingerprint density at radius 3 is 2.67 bits per heavy atom. The van der Waals surface area contributed by atoms with Gasteiger partial charge in [0.1, 0.15) is 0 Å². The minimum Gasteiger partial charge on any atom is -0.481 e. The van der Waals surface area contributed by atoms with Crippen LogP contribution in [0.2, 0.25) is 0 Å². The number of aliphatic carboxylic acids is 1. The molecule has 1 N–H and O–H groups in total. The average Bonchev–Trinajstić information content (AvgIpc) is 3.44. The van der Waals surface area contributed by atoms with Crippen LogP contribution in [0.5, 0.6) is 0 Å². The molecule has 3 atom stereocenters. The number of rotatable bonds is 5. The summed E-state index contributed by atoms with van der Waals surface area (Å²) in [5.41, 5.74) is 1.25. The Bertz CT molecular complexity index is 1130. The number of hydrogen-bond acceptors (Lipinski definition) is 4. The number of aromatic nitrogens is 3. The van der Waals surface area contributed by atoms with Crippen molar-refractivity contribution in [3.8, 4) is 0 Å². The Hall–Kier alpha value is -3.22. The minimum absolute atomic E-state index is 0.0375. The van der Waals surface area contributed by atoms with Crippen molar-refractivity contribution in [1.82, 2.24) is 19.7 Å². The topological polar surface area (TPSA) is 88.3 Å². The normalized spacial score (nSPS) is 25.2. The van der Waals surface area contributed by atoms with Crippen molar-refractivity contribution in [1.29, 1.82) is 0 Å². The van der Waals surface area contributed by atoms with Gasteiger partial charge in [0.2, 0.25) is 0 Å². The lowest BCUT2D eigenvalue weighted by molar-refractivity contribution is -0.151. The summed E-state index contributed by atoms with van der Waals surface area (Å²) in [6.45, 7) is 2.42. The third kappa shape index (κ3) is 2.65. The first kappa shape index (κ1) is 18.8. The number of nitrogens with zero attached hydrogens (tertiary/aromatic N) is 4. The highest BCUT2D eigenvalue weighted by molar-refractivity contribution is 6.05. The van der Waals surface area contributed by atoms with Crippen molar-refractivity contribution < 1.29 is 14.7 Å². The number of fused-ring (bicyclic) bond motifs is 3. The highest BCUT2D eigenvalue weighted by Gasteiger charge is 2.61. The Kier molecular flexibility index (Phi) is 4.34. The number of pyridine rings is 1. The molecule has 2 fully saturated rings. The summed E-state index contributed by atoms with van der Waals surface area (Å²) in [6, 6.07) is 13.3. The molecule has 0 saturated carbocycles. The SMILES string of the molecule is CC[C@@]1(C(=O)O)C[C@@H]2CC[C@H]1N2C(=O)c1nn(Cc2ccccc2)c2ncccc12. The van der Waals surface area contributed by atoms with Crippen LogP contribution < -0.4 is 0 Å². The van der Waals surface area contributed by atoms with Crippen LogP contribution in [0.1, 0.15) is 48.7 Å². The van der Waals surface area contributed by atoms with Crippen molar-refractivity contribution >= 4 is 22.9 Å². The quantitative estimate of drug-likeness (QED) is 0.705. The van der Waals surface area contributed by atoms with E-state index in [1.54, 1.807) is 21.8 Å². The van der Waals surface area contributed by atoms with Crippen LogP contribution in [0.4, 0.5) is 0 Å². The maximum atomic E-state index is 13.6. The van der Waals surface area contributed by atoms with Gasteiger partial charge in [0, 0.05) is 18.3 Å². The van der Waals surface area contributed by atoms with E-state index in [-0.39, 0.29) is 18.0 Å². The zero-order valence-electron chi connectivity index (χ0n) is 16.9. The highest BCUT2D eigenvalue weighted by atomic mass is 16.4. The highest BCUT2D eigenvalue weighted by Crippen LogP contribution is 2.52. The molecular formula is C23H24N4O3. The number of benzene rings is 1. The predicted octanol–water partition coefficient (Wildman–Crippen LogP) is 3.34. The van der Waals surface area contributed by atoms with Crippen LogP contribution in [-0.4, -0.2) is 48.7 Å². The summed E-state index contributed by atoms with van der Waals surface area (Å²) in [7, 11) is 0. The van der Waals surface area contributed by atoms with Gasteiger partial charge in [-0.2, -0.15) is 5.10 Å². The van der Waals surface area contributed by atoms with E-state index in [0.29, 0.717) is 36.1 Å². The number of amides is 1. The molecule has 1 aromatic carbocycles. The van der Waals surface area contributed by atoms with Crippen molar-refractivity contribution in [2.75, 3.05) is 0 Å². The van der Waals surface area contributed by atoms with Gasteiger partial charge in [0.05, 0.1) is 17.3 Å². The van der Waals surface area contributed by atoms with Crippen molar-refractivity contribution in [3.05, 3.63) is 59.9 Å². The van der Waals surface area contributed by atoms with Crippen LogP contribution >= 0.6 is 0 Å². The smallest absolute Gasteiger partial charge is 0.311 e. The summed E-state index contributed by atoms with van der Waals surface area (Å²) < 4.78 is 1.76.